The summed E-state index contributed by atoms with van der Waals surface area (Å²) in [7, 11) is 0. The van der Waals surface area contributed by atoms with E-state index in [0.717, 1.165) is 87.3 Å². The molecular formula is C38H57N2O5+. The Balaban J connectivity index is 1.24. The third kappa shape index (κ3) is 8.88. The molecule has 0 saturated heterocycles. The number of unbranched alkanes of at least 4 members (excludes halogenated alkanes) is 1. The number of aliphatic imine (C=N–C) groups is 1. The first-order valence-corrected chi connectivity index (χ1v) is 17.8. The lowest BCUT2D eigenvalue weighted by molar-refractivity contribution is -0.0550. The summed E-state index contributed by atoms with van der Waals surface area (Å²) in [4.78, 5) is 5.05. The lowest BCUT2D eigenvalue weighted by atomic mass is 9.71. The summed E-state index contributed by atoms with van der Waals surface area (Å²) < 4.78 is 11.4. The van der Waals surface area contributed by atoms with Crippen molar-refractivity contribution in [2.24, 2.45) is 22.2 Å². The molecule has 2 aliphatic heterocycles. The first kappa shape index (κ1) is 33.9. The zero-order chi connectivity index (χ0) is 31.6. The molecule has 2 aliphatic carbocycles. The molecule has 4 aliphatic rings. The second-order valence-corrected chi connectivity index (χ2v) is 14.0. The van der Waals surface area contributed by atoms with Crippen molar-refractivity contribution in [3.05, 3.63) is 59.2 Å². The quantitative estimate of drug-likeness (QED) is 0.117. The van der Waals surface area contributed by atoms with Crippen LogP contribution in [0.25, 0.3) is 0 Å². The number of aliphatic hydroxyl groups excluding tert-OH is 2. The monoisotopic (exact) mass is 621 g/mol. The van der Waals surface area contributed by atoms with E-state index in [1.807, 2.05) is 19.1 Å². The van der Waals surface area contributed by atoms with Gasteiger partial charge in [0.2, 0.25) is 0 Å². The number of phenolic OH excluding ortho intramolecular Hbond substituents is 1. The Bertz CT molecular complexity index is 1160. The summed E-state index contributed by atoms with van der Waals surface area (Å²) in [5.74, 6) is 3.09. The van der Waals surface area contributed by atoms with Gasteiger partial charge in [-0.05, 0) is 75.5 Å². The van der Waals surface area contributed by atoms with Gasteiger partial charge in [0.25, 0.3) is 0 Å². The van der Waals surface area contributed by atoms with Crippen molar-refractivity contribution < 1.29 is 24.8 Å². The van der Waals surface area contributed by atoms with Gasteiger partial charge in [-0.3, -0.25) is 0 Å². The number of allylic oxidation sites excluding steroid dienone is 1. The minimum Gasteiger partial charge on any atom is -0.504 e. The number of ether oxygens (including phenoxy) is 2. The molecule has 248 valence electrons. The molecule has 0 amide bonds. The molecule has 0 bridgehead atoms. The number of hydrogen-bond acceptors (Lipinski definition) is 6. The molecule has 1 unspecified atom stereocenters. The fraction of sp³-hybridized carbons (Fsp3) is 0.658. The third-order valence-corrected chi connectivity index (χ3v) is 10.5. The van der Waals surface area contributed by atoms with Crippen LogP contribution >= 0.6 is 0 Å². The third-order valence-electron chi connectivity index (χ3n) is 10.5. The predicted molar refractivity (Wildman–Crippen MR) is 181 cm³/mol. The zero-order valence-corrected chi connectivity index (χ0v) is 27.6. The predicted octanol–water partition coefficient (Wildman–Crippen LogP) is 6.52. The minimum absolute atomic E-state index is 0.0706. The van der Waals surface area contributed by atoms with Gasteiger partial charge in [0.05, 0.1) is 18.1 Å². The molecule has 45 heavy (non-hydrogen) atoms. The van der Waals surface area contributed by atoms with E-state index in [0.29, 0.717) is 30.7 Å². The van der Waals surface area contributed by atoms with Crippen molar-refractivity contribution in [3.8, 4) is 11.5 Å². The van der Waals surface area contributed by atoms with Crippen molar-refractivity contribution in [2.75, 3.05) is 26.3 Å². The molecule has 0 radical (unpaired) electrons. The molecule has 2 fully saturated rings. The minimum atomic E-state index is -0.351. The Kier molecular flexibility index (Phi) is 12.4. The van der Waals surface area contributed by atoms with Crippen LogP contribution in [0.1, 0.15) is 103 Å². The highest BCUT2D eigenvalue weighted by molar-refractivity contribution is 5.83. The fourth-order valence-electron chi connectivity index (χ4n) is 7.82. The molecule has 0 spiro atoms. The molecular weight excluding hydrogens is 564 g/mol. The molecule has 1 aromatic rings. The lowest BCUT2D eigenvalue weighted by Gasteiger charge is -2.32. The molecule has 3 atom stereocenters. The van der Waals surface area contributed by atoms with Crippen LogP contribution < -0.4 is 10.1 Å². The molecule has 5 N–H and O–H groups in total. The summed E-state index contributed by atoms with van der Waals surface area (Å²) in [5.41, 5.74) is 3.11. The van der Waals surface area contributed by atoms with E-state index in [-0.39, 0.29) is 30.0 Å². The van der Waals surface area contributed by atoms with Crippen molar-refractivity contribution in [3.63, 3.8) is 0 Å². The maximum Gasteiger partial charge on any atom is 0.184 e. The van der Waals surface area contributed by atoms with Gasteiger partial charge in [-0.2, -0.15) is 0 Å². The van der Waals surface area contributed by atoms with E-state index in [1.165, 1.54) is 38.0 Å². The number of nitrogens with zero attached hydrogens (tertiary/aromatic N) is 1. The van der Waals surface area contributed by atoms with Crippen LogP contribution in [-0.2, 0) is 6.42 Å². The molecule has 7 nitrogen and oxygen atoms in total. The Labute approximate surface area is 271 Å². The highest BCUT2D eigenvalue weighted by Gasteiger charge is 2.47. The van der Waals surface area contributed by atoms with Crippen molar-refractivity contribution in [1.29, 1.82) is 0 Å². The summed E-state index contributed by atoms with van der Waals surface area (Å²) in [5, 5.41) is 33.9. The van der Waals surface area contributed by atoms with Gasteiger partial charge < -0.3 is 30.1 Å². The van der Waals surface area contributed by atoms with Gasteiger partial charge >= 0.3 is 0 Å². The van der Waals surface area contributed by atoms with Crippen LogP contribution in [0.5, 0.6) is 11.5 Å². The number of phenols is 1. The van der Waals surface area contributed by atoms with Crippen LogP contribution in [0.2, 0.25) is 0 Å². The van der Waals surface area contributed by atoms with Gasteiger partial charge in [-0.1, -0.05) is 51.5 Å². The summed E-state index contributed by atoms with van der Waals surface area (Å²) >= 11 is 0. The Morgan fingerprint density at radius 1 is 1.16 bits per heavy atom. The van der Waals surface area contributed by atoms with E-state index in [1.54, 1.807) is 6.07 Å². The highest BCUT2D eigenvalue weighted by Crippen LogP contribution is 2.48. The normalized spacial score (nSPS) is 23.0. The second kappa shape index (κ2) is 16.4. The van der Waals surface area contributed by atoms with E-state index in [2.05, 4.69) is 30.6 Å². The molecule has 2 saturated carbocycles. The summed E-state index contributed by atoms with van der Waals surface area (Å²) in [6, 6.07) is 5.71. The fourth-order valence-corrected chi connectivity index (χ4v) is 7.82. The molecule has 2 heterocycles. The average Bonchev–Trinajstić information content (AvgIpc) is 3.83. The Morgan fingerprint density at radius 2 is 1.96 bits per heavy atom. The van der Waals surface area contributed by atoms with Crippen LogP contribution in [0.4, 0.5) is 0 Å². The SMILES string of the molecule is CCCCC1[OH+][C-](CCc2ccc(O)c(OCC3(C4=C[C+]([C@H](CNC[C@H](C)O)C5CCCC5)C=N4)CCCCC3)c2)C=C1CO. The Hall–Kier alpha value is -2.45. The van der Waals surface area contributed by atoms with E-state index < -0.39 is 0 Å². The lowest BCUT2D eigenvalue weighted by Crippen LogP contribution is -2.35. The maximum absolute atomic E-state index is 10.8. The van der Waals surface area contributed by atoms with E-state index in [4.69, 9.17) is 14.5 Å². The van der Waals surface area contributed by atoms with Crippen LogP contribution in [0.15, 0.2) is 46.6 Å². The first-order chi connectivity index (χ1) is 21.9. The van der Waals surface area contributed by atoms with Gasteiger partial charge in [0, 0.05) is 26.1 Å². The number of aromatic hydroxyl groups is 1. The number of hydrogen-bond donors (Lipinski definition) is 4. The number of nitrogens with one attached hydrogen (secondary N) is 1. The summed E-state index contributed by atoms with van der Waals surface area (Å²) in [6.45, 7) is 6.07. The van der Waals surface area contributed by atoms with Crippen LogP contribution in [0, 0.1) is 29.3 Å². The smallest absolute Gasteiger partial charge is 0.184 e. The molecule has 1 aromatic carbocycles. The largest absolute Gasteiger partial charge is 0.504 e. The zero-order valence-electron chi connectivity index (χ0n) is 27.6. The number of rotatable bonds is 17. The van der Waals surface area contributed by atoms with E-state index >= 15 is 0 Å². The first-order valence-electron chi connectivity index (χ1n) is 17.8. The van der Waals surface area contributed by atoms with Crippen molar-refractivity contribution in [1.82, 2.24) is 5.32 Å². The van der Waals surface area contributed by atoms with E-state index in [9.17, 15) is 15.3 Å². The van der Waals surface area contributed by atoms with Crippen LogP contribution in [-0.4, -0.2) is 64.8 Å². The molecule has 7 heteroatoms. The number of aryl methyl sites for hydroxylation is 1. The van der Waals surface area contributed by atoms with Crippen molar-refractivity contribution >= 4 is 6.21 Å². The summed E-state index contributed by atoms with van der Waals surface area (Å²) in [6.07, 6.45) is 22.9. The van der Waals surface area contributed by atoms with Gasteiger partial charge in [-0.15, -0.1) is 16.6 Å². The maximum atomic E-state index is 10.8. The second-order valence-electron chi connectivity index (χ2n) is 14.0. The molecule has 5 rings (SSSR count). The van der Waals surface area contributed by atoms with Gasteiger partial charge in [-0.25, -0.2) is 0 Å². The van der Waals surface area contributed by atoms with Gasteiger partial charge in [0.1, 0.15) is 36.3 Å². The Morgan fingerprint density at radius 3 is 2.69 bits per heavy atom. The average molecular weight is 622 g/mol. The molecule has 0 aromatic heterocycles. The standard InChI is InChI=1S/C38H56N2O5/c1-3-4-12-35-31(25-41)20-32(45-35)15-13-28-14-16-34(43)36(19-28)44-26-38(17-8-5-9-18-38)37-21-30(23-40-37)33(24-39-22-27(2)42)29-10-6-7-11-29/h14,16,19-21,23,27,29,33,35,39,41-42,45H,3-13,15,17-18,22,24-26H2,1-2H3/p+1/t27-,33+,35?/m0/s1. The number of aliphatic hydroxyl groups is 4. The van der Waals surface area contributed by atoms with Gasteiger partial charge in [0.15, 0.2) is 17.2 Å². The van der Waals surface area contributed by atoms with Crippen LogP contribution in [0.3, 0.4) is 0 Å². The van der Waals surface area contributed by atoms with Crippen molar-refractivity contribution in [2.45, 2.75) is 116 Å². The topological polar surface area (TPSA) is 107 Å². The number of benzene rings is 1. The highest BCUT2D eigenvalue weighted by atomic mass is 16.5.